The molecule has 0 heterocycles. The Morgan fingerprint density at radius 3 is 2.21 bits per heavy atom. The highest BCUT2D eigenvalue weighted by Gasteiger charge is 2.19. The van der Waals surface area contributed by atoms with E-state index in [1.807, 2.05) is 0 Å². The maximum absolute atomic E-state index is 11.8. The summed E-state index contributed by atoms with van der Waals surface area (Å²) in [6.07, 6.45) is 13.8. The number of hydrogen-bond acceptors (Lipinski definition) is 2. The number of rotatable bonds is 9. The molecule has 0 atom stereocenters. The zero-order chi connectivity index (χ0) is 13.9. The molecule has 1 amide bonds. The van der Waals surface area contributed by atoms with Crippen LogP contribution >= 0.6 is 0 Å². The van der Waals surface area contributed by atoms with Crippen LogP contribution in [0.25, 0.3) is 0 Å². The topological polar surface area (TPSA) is 55.1 Å². The third-order valence-electron chi connectivity index (χ3n) is 4.14. The first-order chi connectivity index (χ1) is 9.22. The van der Waals surface area contributed by atoms with Gasteiger partial charge in [-0.3, -0.25) is 4.79 Å². The summed E-state index contributed by atoms with van der Waals surface area (Å²) in [4.78, 5) is 11.8. The van der Waals surface area contributed by atoms with E-state index in [4.69, 9.17) is 5.73 Å². The molecule has 0 unspecified atom stereocenters. The highest BCUT2D eigenvalue weighted by atomic mass is 16.1. The molecule has 1 aliphatic rings. The van der Waals surface area contributed by atoms with Gasteiger partial charge in [0.25, 0.3) is 0 Å². The molecule has 1 fully saturated rings. The zero-order valence-electron chi connectivity index (χ0n) is 12.6. The summed E-state index contributed by atoms with van der Waals surface area (Å²) >= 11 is 0. The second kappa shape index (κ2) is 10.2. The number of carbonyl (C=O) groups excluding carboxylic acids is 1. The minimum absolute atomic E-state index is 0.244. The molecule has 1 saturated carbocycles. The van der Waals surface area contributed by atoms with Gasteiger partial charge in [-0.25, -0.2) is 0 Å². The van der Waals surface area contributed by atoms with Crippen LogP contribution in [0.4, 0.5) is 0 Å². The van der Waals surface area contributed by atoms with Gasteiger partial charge in [0.1, 0.15) is 0 Å². The van der Waals surface area contributed by atoms with Crippen molar-refractivity contribution in [2.24, 2.45) is 5.73 Å². The Labute approximate surface area is 118 Å². The van der Waals surface area contributed by atoms with Crippen molar-refractivity contribution in [1.82, 2.24) is 5.32 Å². The van der Waals surface area contributed by atoms with E-state index in [9.17, 15) is 4.79 Å². The molecule has 0 aromatic carbocycles. The first kappa shape index (κ1) is 16.5. The Kier molecular flexibility index (Phi) is 8.89. The Hall–Kier alpha value is -0.570. The van der Waals surface area contributed by atoms with E-state index in [1.54, 1.807) is 0 Å². The van der Waals surface area contributed by atoms with E-state index < -0.39 is 0 Å². The average molecular weight is 268 g/mol. The van der Waals surface area contributed by atoms with Gasteiger partial charge in [-0.1, -0.05) is 45.4 Å². The lowest BCUT2D eigenvalue weighted by molar-refractivity contribution is -0.122. The highest BCUT2D eigenvalue weighted by molar-refractivity contribution is 5.76. The predicted molar refractivity (Wildman–Crippen MR) is 81.0 cm³/mol. The van der Waals surface area contributed by atoms with Crippen LogP contribution in [0.3, 0.4) is 0 Å². The molecule has 1 aliphatic carbocycles. The average Bonchev–Trinajstić information content (AvgIpc) is 2.40. The maximum atomic E-state index is 11.8. The number of unbranched alkanes of at least 4 members (excludes halogenated alkanes) is 6. The zero-order valence-corrected chi connectivity index (χ0v) is 12.6. The fourth-order valence-electron chi connectivity index (χ4n) is 2.81. The maximum Gasteiger partial charge on any atom is 0.220 e. The summed E-state index contributed by atoms with van der Waals surface area (Å²) in [5, 5.41) is 3.16. The minimum Gasteiger partial charge on any atom is -0.353 e. The Morgan fingerprint density at radius 1 is 1.00 bits per heavy atom. The molecule has 3 nitrogen and oxygen atoms in total. The molecule has 0 bridgehead atoms. The molecule has 0 radical (unpaired) electrons. The van der Waals surface area contributed by atoms with Crippen LogP contribution in [0.1, 0.15) is 84.0 Å². The molecule has 3 N–H and O–H groups in total. The van der Waals surface area contributed by atoms with E-state index in [1.165, 1.54) is 38.5 Å². The van der Waals surface area contributed by atoms with Crippen molar-refractivity contribution in [1.29, 1.82) is 0 Å². The first-order valence-corrected chi connectivity index (χ1v) is 8.27. The lowest BCUT2D eigenvalue weighted by Crippen LogP contribution is -2.40. The monoisotopic (exact) mass is 268 g/mol. The van der Waals surface area contributed by atoms with E-state index >= 15 is 0 Å². The largest absolute Gasteiger partial charge is 0.353 e. The van der Waals surface area contributed by atoms with Crippen molar-refractivity contribution in [3.8, 4) is 0 Å². The molecule has 0 spiro atoms. The molecule has 3 heteroatoms. The quantitative estimate of drug-likeness (QED) is 0.629. The minimum atomic E-state index is 0.244. The van der Waals surface area contributed by atoms with Crippen LogP contribution in [-0.4, -0.2) is 18.0 Å². The van der Waals surface area contributed by atoms with Gasteiger partial charge in [0.15, 0.2) is 0 Å². The second-order valence-electron chi connectivity index (χ2n) is 6.05. The third-order valence-corrected chi connectivity index (χ3v) is 4.14. The summed E-state index contributed by atoms with van der Waals surface area (Å²) in [6.45, 7) is 2.24. The van der Waals surface area contributed by atoms with Crippen LogP contribution in [0.5, 0.6) is 0 Å². The summed E-state index contributed by atoms with van der Waals surface area (Å²) < 4.78 is 0. The fraction of sp³-hybridized carbons (Fsp3) is 0.938. The Morgan fingerprint density at radius 2 is 1.58 bits per heavy atom. The first-order valence-electron chi connectivity index (χ1n) is 8.27. The molecule has 0 aromatic rings. The van der Waals surface area contributed by atoms with Crippen molar-refractivity contribution in [3.63, 3.8) is 0 Å². The number of amides is 1. The molecule has 0 saturated heterocycles. The van der Waals surface area contributed by atoms with E-state index in [0.29, 0.717) is 18.5 Å². The summed E-state index contributed by atoms with van der Waals surface area (Å²) in [6, 6.07) is 0.744. The normalized spacial score (nSPS) is 23.3. The third kappa shape index (κ3) is 8.25. The second-order valence-corrected chi connectivity index (χ2v) is 6.05. The molecule has 0 aromatic heterocycles. The van der Waals surface area contributed by atoms with Gasteiger partial charge in [0.2, 0.25) is 5.91 Å². The van der Waals surface area contributed by atoms with Crippen LogP contribution in [0.2, 0.25) is 0 Å². The molecule has 112 valence electrons. The molecular formula is C16H32N2O. The van der Waals surface area contributed by atoms with Crippen molar-refractivity contribution in [3.05, 3.63) is 0 Å². The smallest absolute Gasteiger partial charge is 0.220 e. The van der Waals surface area contributed by atoms with Crippen LogP contribution in [0, 0.1) is 0 Å². The number of carbonyl (C=O) groups is 1. The van der Waals surface area contributed by atoms with Gasteiger partial charge in [-0.15, -0.1) is 0 Å². The van der Waals surface area contributed by atoms with Crippen molar-refractivity contribution in [2.75, 3.05) is 0 Å². The number of nitrogens with one attached hydrogen (secondary N) is 1. The molecule has 1 rings (SSSR count). The van der Waals surface area contributed by atoms with Crippen molar-refractivity contribution >= 4 is 5.91 Å². The predicted octanol–water partition coefficient (Wildman–Crippen LogP) is 3.51. The Bertz CT molecular complexity index is 235. The van der Waals surface area contributed by atoms with Gasteiger partial charge in [0.05, 0.1) is 0 Å². The van der Waals surface area contributed by atoms with Crippen LogP contribution < -0.4 is 11.1 Å². The van der Waals surface area contributed by atoms with E-state index in [0.717, 1.165) is 32.1 Å². The van der Waals surface area contributed by atoms with E-state index in [2.05, 4.69) is 12.2 Å². The highest BCUT2D eigenvalue weighted by Crippen LogP contribution is 2.17. The van der Waals surface area contributed by atoms with Gasteiger partial charge < -0.3 is 11.1 Å². The molecule has 19 heavy (non-hydrogen) atoms. The summed E-state index contributed by atoms with van der Waals surface area (Å²) in [7, 11) is 0. The van der Waals surface area contributed by atoms with Gasteiger partial charge >= 0.3 is 0 Å². The van der Waals surface area contributed by atoms with Gasteiger partial charge in [0, 0.05) is 18.5 Å². The fourth-order valence-corrected chi connectivity index (χ4v) is 2.81. The van der Waals surface area contributed by atoms with Crippen LogP contribution in [0.15, 0.2) is 0 Å². The van der Waals surface area contributed by atoms with Crippen molar-refractivity contribution < 1.29 is 4.79 Å². The van der Waals surface area contributed by atoms with E-state index in [-0.39, 0.29) is 5.91 Å². The number of nitrogens with two attached hydrogens (primary N) is 1. The lowest BCUT2D eigenvalue weighted by Gasteiger charge is -2.26. The molecular weight excluding hydrogens is 236 g/mol. The summed E-state index contributed by atoms with van der Waals surface area (Å²) in [5.74, 6) is 0.244. The van der Waals surface area contributed by atoms with Crippen molar-refractivity contribution in [2.45, 2.75) is 96.1 Å². The lowest BCUT2D eigenvalue weighted by atomic mass is 9.92. The molecule has 0 aliphatic heterocycles. The van der Waals surface area contributed by atoms with Gasteiger partial charge in [-0.05, 0) is 32.1 Å². The number of hydrogen-bond donors (Lipinski definition) is 2. The van der Waals surface area contributed by atoms with Crippen LogP contribution in [-0.2, 0) is 4.79 Å². The van der Waals surface area contributed by atoms with Gasteiger partial charge in [-0.2, -0.15) is 0 Å². The standard InChI is InChI=1S/C16H32N2O/c1-2-3-4-5-6-7-8-9-16(19)18-15-12-10-14(17)11-13-15/h14-15H,2-13,17H2,1H3,(H,18,19). The Balaban J connectivity index is 1.93. The summed E-state index contributed by atoms with van der Waals surface area (Å²) in [5.41, 5.74) is 5.86. The SMILES string of the molecule is CCCCCCCCCC(=O)NC1CCC(N)CC1.